The van der Waals surface area contributed by atoms with Crippen LogP contribution in [-0.2, 0) is 16.1 Å². The third-order valence-corrected chi connectivity index (χ3v) is 7.15. The minimum Gasteiger partial charge on any atom is -0.454 e. The highest BCUT2D eigenvalue weighted by Crippen LogP contribution is 2.43. The van der Waals surface area contributed by atoms with Gasteiger partial charge in [0.15, 0.2) is 33.6 Å². The van der Waals surface area contributed by atoms with Gasteiger partial charge in [0, 0.05) is 22.4 Å². The number of imidazole rings is 1. The molecule has 0 saturated heterocycles. The van der Waals surface area contributed by atoms with Crippen molar-refractivity contribution >= 4 is 50.6 Å². The fourth-order valence-electron chi connectivity index (χ4n) is 3.45. The van der Waals surface area contributed by atoms with Crippen LogP contribution < -0.4 is 20.7 Å². The molecule has 0 bridgehead atoms. The van der Waals surface area contributed by atoms with Gasteiger partial charge in [-0.1, -0.05) is 24.6 Å². The Morgan fingerprint density at radius 2 is 2.00 bits per heavy atom. The average molecular weight is 553 g/mol. The van der Waals surface area contributed by atoms with Crippen LogP contribution in [0.2, 0.25) is 0 Å². The number of aromatic nitrogens is 4. The average Bonchev–Trinajstić information content (AvgIpc) is 3.42. The summed E-state index contributed by atoms with van der Waals surface area (Å²) in [5.41, 5.74) is 8.89. The zero-order chi connectivity index (χ0) is 23.9. The van der Waals surface area contributed by atoms with Crippen molar-refractivity contribution in [2.75, 3.05) is 25.7 Å². The molecule has 4 N–H and O–H groups in total. The van der Waals surface area contributed by atoms with Crippen LogP contribution in [0, 0.1) is 0 Å². The predicted molar refractivity (Wildman–Crippen MR) is 128 cm³/mol. The standard InChI is InChI=1S/C21H25BrN6O5S/c22-13-9-14-15(33-12-32-14)10-16(13)34-21-26-18-19(23)24-11-25-20(18)28(21)6-8-31-7-4-2-1-3-5-17(29)27-30/h9-11,30H,1-8,12H2,(H,27,29)(H2,23,24,25). The number of benzene rings is 1. The van der Waals surface area contributed by atoms with Crippen molar-refractivity contribution in [1.82, 2.24) is 25.0 Å². The summed E-state index contributed by atoms with van der Waals surface area (Å²) in [5, 5.41) is 9.21. The highest BCUT2D eigenvalue weighted by molar-refractivity contribution is 9.10. The normalized spacial score (nSPS) is 12.4. The van der Waals surface area contributed by atoms with E-state index in [2.05, 4.69) is 30.9 Å². The highest BCUT2D eigenvalue weighted by atomic mass is 79.9. The van der Waals surface area contributed by atoms with Crippen molar-refractivity contribution in [3.8, 4) is 11.5 Å². The molecule has 3 heterocycles. The van der Waals surface area contributed by atoms with E-state index >= 15 is 0 Å². The number of nitrogens with one attached hydrogen (secondary N) is 1. The van der Waals surface area contributed by atoms with Gasteiger partial charge >= 0.3 is 0 Å². The number of hydroxylamine groups is 1. The lowest BCUT2D eigenvalue weighted by atomic mass is 10.1. The summed E-state index contributed by atoms with van der Waals surface area (Å²) in [5.74, 6) is 1.36. The summed E-state index contributed by atoms with van der Waals surface area (Å²) in [6, 6.07) is 3.79. The highest BCUT2D eigenvalue weighted by Gasteiger charge is 2.20. The number of amides is 1. The Hall–Kier alpha value is -2.61. The summed E-state index contributed by atoms with van der Waals surface area (Å²) in [7, 11) is 0. The largest absolute Gasteiger partial charge is 0.454 e. The monoisotopic (exact) mass is 552 g/mol. The van der Waals surface area contributed by atoms with Gasteiger partial charge in [-0.2, -0.15) is 0 Å². The van der Waals surface area contributed by atoms with Gasteiger partial charge in [-0.3, -0.25) is 10.0 Å². The summed E-state index contributed by atoms with van der Waals surface area (Å²) < 4.78 is 19.6. The Balaban J connectivity index is 1.37. The number of fused-ring (bicyclic) bond motifs is 2. The molecule has 1 aliphatic rings. The van der Waals surface area contributed by atoms with E-state index in [0.29, 0.717) is 59.8 Å². The Bertz CT molecular complexity index is 1160. The summed E-state index contributed by atoms with van der Waals surface area (Å²) in [6.45, 7) is 1.86. The van der Waals surface area contributed by atoms with Crippen molar-refractivity contribution in [3.63, 3.8) is 0 Å². The fraction of sp³-hybridized carbons (Fsp3) is 0.429. The van der Waals surface area contributed by atoms with E-state index in [-0.39, 0.29) is 12.7 Å². The number of anilines is 1. The van der Waals surface area contributed by atoms with Crippen molar-refractivity contribution < 1.29 is 24.2 Å². The van der Waals surface area contributed by atoms with E-state index in [1.165, 1.54) is 18.1 Å². The molecule has 1 aromatic carbocycles. The number of hydrogen-bond acceptors (Lipinski definition) is 10. The molecule has 4 rings (SSSR count). The van der Waals surface area contributed by atoms with Gasteiger partial charge in [-0.25, -0.2) is 20.4 Å². The number of rotatable bonds is 12. The lowest BCUT2D eigenvalue weighted by molar-refractivity contribution is -0.129. The van der Waals surface area contributed by atoms with E-state index in [9.17, 15) is 4.79 Å². The zero-order valence-electron chi connectivity index (χ0n) is 18.3. The molecule has 0 aliphatic carbocycles. The quantitative estimate of drug-likeness (QED) is 0.173. The first-order valence-electron chi connectivity index (χ1n) is 10.8. The summed E-state index contributed by atoms with van der Waals surface area (Å²) in [6.07, 6.45) is 5.26. The number of nitrogens with two attached hydrogens (primary N) is 1. The molecule has 1 amide bonds. The van der Waals surface area contributed by atoms with Gasteiger partial charge in [0.1, 0.15) is 6.33 Å². The second-order valence-electron chi connectivity index (χ2n) is 7.53. The minimum atomic E-state index is -0.352. The molecule has 34 heavy (non-hydrogen) atoms. The van der Waals surface area contributed by atoms with Crippen molar-refractivity contribution in [1.29, 1.82) is 0 Å². The molecule has 182 valence electrons. The molecule has 0 fully saturated rings. The van der Waals surface area contributed by atoms with Crippen molar-refractivity contribution in [3.05, 3.63) is 22.9 Å². The smallest absolute Gasteiger partial charge is 0.243 e. The molecule has 0 saturated carbocycles. The van der Waals surface area contributed by atoms with Gasteiger partial charge in [0.2, 0.25) is 12.7 Å². The van der Waals surface area contributed by atoms with Gasteiger partial charge < -0.3 is 24.5 Å². The Labute approximate surface area is 208 Å². The molecular weight excluding hydrogens is 528 g/mol. The Morgan fingerprint density at radius 1 is 1.21 bits per heavy atom. The second-order valence-corrected chi connectivity index (χ2v) is 9.39. The van der Waals surface area contributed by atoms with E-state index < -0.39 is 0 Å². The fourth-order valence-corrected chi connectivity index (χ4v) is 4.95. The molecule has 1 aliphatic heterocycles. The first-order chi connectivity index (χ1) is 16.6. The van der Waals surface area contributed by atoms with Crippen LogP contribution in [0.15, 0.2) is 33.0 Å². The van der Waals surface area contributed by atoms with Crippen LogP contribution in [0.5, 0.6) is 11.5 Å². The molecule has 0 atom stereocenters. The first-order valence-corrected chi connectivity index (χ1v) is 12.4. The van der Waals surface area contributed by atoms with Crippen LogP contribution in [0.25, 0.3) is 11.2 Å². The number of halogens is 1. The topological polar surface area (TPSA) is 147 Å². The predicted octanol–water partition coefficient (Wildman–Crippen LogP) is 3.52. The third-order valence-electron chi connectivity index (χ3n) is 5.18. The Morgan fingerprint density at radius 3 is 2.82 bits per heavy atom. The lowest BCUT2D eigenvalue weighted by Crippen LogP contribution is -2.17. The SMILES string of the molecule is Nc1ncnc2c1nc(Sc1cc3c(cc1Br)OCO3)n2CCOCCCCCCC(=O)NO. The molecule has 13 heteroatoms. The number of nitrogen functional groups attached to an aromatic ring is 1. The maximum atomic E-state index is 11.0. The molecule has 0 spiro atoms. The summed E-state index contributed by atoms with van der Waals surface area (Å²) in [4.78, 5) is 25.1. The molecule has 3 aromatic rings. The van der Waals surface area contributed by atoms with Crippen LogP contribution in [-0.4, -0.2) is 50.6 Å². The van der Waals surface area contributed by atoms with E-state index in [0.717, 1.165) is 35.1 Å². The summed E-state index contributed by atoms with van der Waals surface area (Å²) >= 11 is 5.06. The van der Waals surface area contributed by atoms with Crippen LogP contribution in [0.4, 0.5) is 5.82 Å². The van der Waals surface area contributed by atoms with Crippen LogP contribution in [0.3, 0.4) is 0 Å². The maximum Gasteiger partial charge on any atom is 0.243 e. The van der Waals surface area contributed by atoms with Crippen LogP contribution in [0.1, 0.15) is 32.1 Å². The van der Waals surface area contributed by atoms with Gasteiger partial charge in [-0.15, -0.1) is 0 Å². The third kappa shape index (κ3) is 5.90. The minimum absolute atomic E-state index is 0.204. The Kier molecular flexibility index (Phi) is 8.43. The van der Waals surface area contributed by atoms with Crippen molar-refractivity contribution in [2.45, 2.75) is 48.7 Å². The molecule has 11 nitrogen and oxygen atoms in total. The van der Waals surface area contributed by atoms with Gasteiger partial charge in [0.25, 0.3) is 0 Å². The zero-order valence-corrected chi connectivity index (χ0v) is 20.7. The molecule has 0 radical (unpaired) electrons. The van der Waals surface area contributed by atoms with Gasteiger partial charge in [-0.05, 0) is 40.9 Å². The number of nitrogens with zero attached hydrogens (tertiary/aromatic N) is 4. The number of unbranched alkanes of at least 4 members (excludes halogenated alkanes) is 3. The van der Waals surface area contributed by atoms with Gasteiger partial charge in [0.05, 0.1) is 13.2 Å². The number of hydrogen-bond donors (Lipinski definition) is 3. The second kappa shape index (κ2) is 11.7. The first kappa shape index (κ1) is 24.5. The maximum absolute atomic E-state index is 11.0. The number of ether oxygens (including phenoxy) is 3. The van der Waals surface area contributed by atoms with E-state index in [1.54, 1.807) is 5.48 Å². The van der Waals surface area contributed by atoms with Crippen LogP contribution >= 0.6 is 27.7 Å². The van der Waals surface area contributed by atoms with E-state index in [1.807, 2.05) is 16.7 Å². The number of carbonyl (C=O) groups excluding carboxylic acids is 1. The lowest BCUT2D eigenvalue weighted by Gasteiger charge is -2.10. The van der Waals surface area contributed by atoms with Crippen molar-refractivity contribution in [2.24, 2.45) is 0 Å². The number of carbonyl (C=O) groups is 1. The molecular formula is C21H25BrN6O5S. The van der Waals surface area contributed by atoms with E-state index in [4.69, 9.17) is 25.2 Å². The molecule has 2 aromatic heterocycles. The molecule has 0 unspecified atom stereocenters.